The molecule has 0 amide bonds. The first kappa shape index (κ1) is 15.7. The largest absolute Gasteiger partial charge is 0.383 e. The summed E-state index contributed by atoms with van der Waals surface area (Å²) in [5.74, 6) is 3.10. The molecule has 108 valence electrons. The third-order valence-electron chi connectivity index (χ3n) is 2.99. The number of anilines is 2. The van der Waals surface area contributed by atoms with E-state index < -0.39 is 0 Å². The number of methoxy groups -OCH3 is 1. The smallest absolute Gasteiger partial charge is 0.137 e. The fourth-order valence-corrected chi connectivity index (χ4v) is 1.83. The molecule has 0 bridgehead atoms. The summed E-state index contributed by atoms with van der Waals surface area (Å²) in [6.07, 6.45) is 0. The molecule has 0 aliphatic heterocycles. The van der Waals surface area contributed by atoms with Crippen LogP contribution in [0.4, 0.5) is 11.6 Å². The molecule has 1 rings (SSSR count). The van der Waals surface area contributed by atoms with Crippen LogP contribution in [0.3, 0.4) is 0 Å². The van der Waals surface area contributed by atoms with Crippen LogP contribution in [-0.2, 0) is 4.74 Å². The summed E-state index contributed by atoms with van der Waals surface area (Å²) in [4.78, 5) is 11.4. The van der Waals surface area contributed by atoms with Gasteiger partial charge >= 0.3 is 0 Å². The van der Waals surface area contributed by atoms with Crippen molar-refractivity contribution in [3.05, 3.63) is 11.4 Å². The highest BCUT2D eigenvalue weighted by molar-refractivity contribution is 5.58. The second-order valence-corrected chi connectivity index (χ2v) is 4.98. The SMILES string of the molecule is CCNc1nc(C(C)C)nc(N(C)CCOC)c1C. The number of nitrogens with zero attached hydrogens (tertiary/aromatic N) is 3. The molecule has 0 saturated carbocycles. The molecular formula is C14H26N4O. The molecule has 0 aliphatic rings. The van der Waals surface area contributed by atoms with Crippen molar-refractivity contribution in [1.29, 1.82) is 0 Å². The molecule has 0 radical (unpaired) electrons. The van der Waals surface area contributed by atoms with Gasteiger partial charge in [-0.1, -0.05) is 13.8 Å². The van der Waals surface area contributed by atoms with Gasteiger partial charge in [0.05, 0.1) is 6.61 Å². The molecule has 0 spiro atoms. The van der Waals surface area contributed by atoms with Crippen molar-refractivity contribution in [2.75, 3.05) is 44.1 Å². The Kier molecular flexibility index (Phi) is 6.02. The summed E-state index contributed by atoms with van der Waals surface area (Å²) in [6, 6.07) is 0. The number of nitrogens with one attached hydrogen (secondary N) is 1. The Morgan fingerprint density at radius 1 is 1.32 bits per heavy atom. The predicted molar refractivity (Wildman–Crippen MR) is 80.2 cm³/mol. The Hall–Kier alpha value is -1.36. The van der Waals surface area contributed by atoms with E-state index in [-0.39, 0.29) is 0 Å². The van der Waals surface area contributed by atoms with Crippen LogP contribution in [-0.4, -0.2) is 43.8 Å². The molecule has 1 aromatic heterocycles. The lowest BCUT2D eigenvalue weighted by Gasteiger charge is -2.22. The Morgan fingerprint density at radius 3 is 2.53 bits per heavy atom. The fourth-order valence-electron chi connectivity index (χ4n) is 1.83. The maximum absolute atomic E-state index is 5.13. The van der Waals surface area contributed by atoms with Crippen molar-refractivity contribution in [1.82, 2.24) is 9.97 Å². The molecule has 19 heavy (non-hydrogen) atoms. The van der Waals surface area contributed by atoms with Crippen molar-refractivity contribution in [2.24, 2.45) is 0 Å². The van der Waals surface area contributed by atoms with Crippen molar-refractivity contribution >= 4 is 11.6 Å². The standard InChI is InChI=1S/C14H26N4O/c1-7-15-13-11(4)14(18(5)8-9-19-6)17-12(16-13)10(2)3/h10H,7-9H2,1-6H3,(H,15,16,17). The van der Waals surface area contributed by atoms with Crippen LogP contribution >= 0.6 is 0 Å². The maximum atomic E-state index is 5.13. The quantitative estimate of drug-likeness (QED) is 0.821. The zero-order valence-corrected chi connectivity index (χ0v) is 12.9. The highest BCUT2D eigenvalue weighted by atomic mass is 16.5. The van der Waals surface area contributed by atoms with Gasteiger partial charge in [0.2, 0.25) is 0 Å². The van der Waals surface area contributed by atoms with E-state index in [0.717, 1.165) is 36.1 Å². The summed E-state index contributed by atoms with van der Waals surface area (Å²) in [7, 11) is 3.75. The zero-order valence-electron chi connectivity index (χ0n) is 12.9. The number of likely N-dealkylation sites (N-methyl/N-ethyl adjacent to an activating group) is 1. The lowest BCUT2D eigenvalue weighted by molar-refractivity contribution is 0.206. The van der Waals surface area contributed by atoms with E-state index in [1.165, 1.54) is 0 Å². The summed E-state index contributed by atoms with van der Waals surface area (Å²) >= 11 is 0. The first-order valence-electron chi connectivity index (χ1n) is 6.83. The van der Waals surface area contributed by atoms with Gasteiger partial charge in [0, 0.05) is 38.7 Å². The molecule has 1 heterocycles. The van der Waals surface area contributed by atoms with Gasteiger partial charge in [0.15, 0.2) is 0 Å². The molecule has 0 saturated heterocycles. The Morgan fingerprint density at radius 2 is 2.00 bits per heavy atom. The van der Waals surface area contributed by atoms with Gasteiger partial charge < -0.3 is 15.0 Å². The topological polar surface area (TPSA) is 50.3 Å². The Bertz CT molecular complexity index is 407. The van der Waals surface area contributed by atoms with Gasteiger partial charge in [0.1, 0.15) is 17.5 Å². The number of rotatable bonds is 7. The summed E-state index contributed by atoms with van der Waals surface area (Å²) in [5, 5.41) is 3.31. The van der Waals surface area contributed by atoms with E-state index in [0.29, 0.717) is 12.5 Å². The number of hydrogen-bond acceptors (Lipinski definition) is 5. The normalized spacial score (nSPS) is 10.9. The average molecular weight is 266 g/mol. The fraction of sp³-hybridized carbons (Fsp3) is 0.714. The molecule has 0 aromatic carbocycles. The minimum atomic E-state index is 0.313. The first-order chi connectivity index (χ1) is 9.01. The van der Waals surface area contributed by atoms with Crippen molar-refractivity contribution in [3.8, 4) is 0 Å². The highest BCUT2D eigenvalue weighted by Crippen LogP contribution is 2.25. The molecule has 0 atom stereocenters. The zero-order chi connectivity index (χ0) is 14.4. The van der Waals surface area contributed by atoms with Crippen LogP contribution in [0, 0.1) is 6.92 Å². The van der Waals surface area contributed by atoms with Crippen molar-refractivity contribution in [3.63, 3.8) is 0 Å². The highest BCUT2D eigenvalue weighted by Gasteiger charge is 2.15. The summed E-state index contributed by atoms with van der Waals surface area (Å²) < 4.78 is 5.13. The lowest BCUT2D eigenvalue weighted by atomic mass is 10.2. The monoisotopic (exact) mass is 266 g/mol. The molecular weight excluding hydrogens is 240 g/mol. The third-order valence-corrected chi connectivity index (χ3v) is 2.99. The minimum absolute atomic E-state index is 0.313. The number of aromatic nitrogens is 2. The summed E-state index contributed by atoms with van der Waals surface area (Å²) in [5.41, 5.74) is 1.09. The van der Waals surface area contributed by atoms with Crippen LogP contribution in [0.2, 0.25) is 0 Å². The van der Waals surface area contributed by atoms with Gasteiger partial charge in [-0.3, -0.25) is 0 Å². The van der Waals surface area contributed by atoms with Crippen LogP contribution < -0.4 is 10.2 Å². The third kappa shape index (κ3) is 4.06. The second-order valence-electron chi connectivity index (χ2n) is 4.98. The van der Waals surface area contributed by atoms with E-state index in [1.807, 2.05) is 7.05 Å². The van der Waals surface area contributed by atoms with E-state index >= 15 is 0 Å². The van der Waals surface area contributed by atoms with E-state index in [4.69, 9.17) is 4.74 Å². The van der Waals surface area contributed by atoms with Crippen LogP contribution in [0.25, 0.3) is 0 Å². The van der Waals surface area contributed by atoms with Gasteiger partial charge in [0.25, 0.3) is 0 Å². The lowest BCUT2D eigenvalue weighted by Crippen LogP contribution is -2.25. The molecule has 1 aromatic rings. The van der Waals surface area contributed by atoms with E-state index in [2.05, 4.69) is 47.9 Å². The number of ether oxygens (including phenoxy) is 1. The van der Waals surface area contributed by atoms with Crippen LogP contribution in [0.5, 0.6) is 0 Å². The molecule has 0 fully saturated rings. The summed E-state index contributed by atoms with van der Waals surface area (Å²) in [6.45, 7) is 10.7. The Labute approximate surface area is 116 Å². The minimum Gasteiger partial charge on any atom is -0.383 e. The van der Waals surface area contributed by atoms with Crippen molar-refractivity contribution in [2.45, 2.75) is 33.6 Å². The molecule has 5 heteroatoms. The van der Waals surface area contributed by atoms with Crippen LogP contribution in [0.1, 0.15) is 38.1 Å². The van der Waals surface area contributed by atoms with E-state index in [9.17, 15) is 0 Å². The molecule has 0 unspecified atom stereocenters. The predicted octanol–water partition coefficient (Wildman–Crippen LogP) is 2.42. The molecule has 5 nitrogen and oxygen atoms in total. The average Bonchev–Trinajstić information content (AvgIpc) is 2.38. The van der Waals surface area contributed by atoms with Gasteiger partial charge in [-0.15, -0.1) is 0 Å². The van der Waals surface area contributed by atoms with Gasteiger partial charge in [-0.2, -0.15) is 0 Å². The van der Waals surface area contributed by atoms with Gasteiger partial charge in [-0.05, 0) is 13.8 Å². The van der Waals surface area contributed by atoms with Crippen molar-refractivity contribution < 1.29 is 4.74 Å². The number of hydrogen-bond donors (Lipinski definition) is 1. The maximum Gasteiger partial charge on any atom is 0.137 e. The second kappa shape index (κ2) is 7.28. The Balaban J connectivity index is 3.13. The molecule has 1 N–H and O–H groups in total. The van der Waals surface area contributed by atoms with E-state index in [1.54, 1.807) is 7.11 Å². The first-order valence-corrected chi connectivity index (χ1v) is 6.83. The van der Waals surface area contributed by atoms with Gasteiger partial charge in [-0.25, -0.2) is 9.97 Å². The molecule has 0 aliphatic carbocycles. The van der Waals surface area contributed by atoms with Crippen LogP contribution in [0.15, 0.2) is 0 Å².